The molecule has 0 aliphatic rings. The molecule has 130 valence electrons. The fraction of sp³-hybridized carbons (Fsp3) is 0.412. The van der Waals surface area contributed by atoms with Crippen LogP contribution in [0.25, 0.3) is 12.2 Å². The molecular weight excluding hydrogens is 342 g/mol. The zero-order chi connectivity index (χ0) is 17.7. The maximum absolute atomic E-state index is 12.1. The number of nitrogens with one attached hydrogen (secondary N) is 2. The summed E-state index contributed by atoms with van der Waals surface area (Å²) in [5, 5.41) is 0.603. The van der Waals surface area contributed by atoms with Crippen LogP contribution in [0.5, 0.6) is 0 Å². The van der Waals surface area contributed by atoms with Gasteiger partial charge in [0.25, 0.3) is 11.1 Å². The number of thiophene rings is 1. The number of aromatic nitrogens is 2. The van der Waals surface area contributed by atoms with E-state index in [0.29, 0.717) is 5.35 Å². The van der Waals surface area contributed by atoms with Crippen molar-refractivity contribution in [1.82, 2.24) is 14.9 Å². The van der Waals surface area contributed by atoms with E-state index in [4.69, 9.17) is 0 Å². The Morgan fingerprint density at radius 3 is 2.50 bits per heavy atom. The largest absolute Gasteiger partial charge is 0.316 e. The molecule has 2 heterocycles. The molecule has 0 aromatic carbocycles. The van der Waals surface area contributed by atoms with Crippen molar-refractivity contribution in [3.05, 3.63) is 48.4 Å². The highest BCUT2D eigenvalue weighted by atomic mass is 32.2. The molecule has 24 heavy (non-hydrogen) atoms. The standard InChI is InChI=1S/C17H23N3O2S2/c1-11(2)9-13-16(21)19-14(17(22)18-13)10-12-5-6-15(24-12)23-8-7-20(3)4/h5-6,9-11H,7-8H2,1-4H3,(H,18,22)(H,19,21)/b13-9-,14-10-. The second kappa shape index (κ2) is 8.50. The summed E-state index contributed by atoms with van der Waals surface area (Å²) >= 11 is 3.41. The average molecular weight is 366 g/mol. The SMILES string of the molecule is CC(C)/C=c1\[nH]c(=O)/c(=C/c2ccc(SCCN(C)C)s2)[nH]c1=O. The lowest BCUT2D eigenvalue weighted by molar-refractivity contribution is 0.437. The molecule has 2 N–H and O–H groups in total. The Labute approximate surface area is 149 Å². The summed E-state index contributed by atoms with van der Waals surface area (Å²) in [5.41, 5.74) is -0.552. The van der Waals surface area contributed by atoms with Gasteiger partial charge in [0.15, 0.2) is 0 Å². The van der Waals surface area contributed by atoms with Crippen LogP contribution >= 0.6 is 23.1 Å². The fourth-order valence-electron chi connectivity index (χ4n) is 2.01. The summed E-state index contributed by atoms with van der Waals surface area (Å²) in [4.78, 5) is 32.6. The topological polar surface area (TPSA) is 69.0 Å². The van der Waals surface area contributed by atoms with Crippen LogP contribution in [0.4, 0.5) is 0 Å². The van der Waals surface area contributed by atoms with Crippen LogP contribution in [-0.2, 0) is 0 Å². The lowest BCUT2D eigenvalue weighted by atomic mass is 10.2. The molecule has 0 saturated heterocycles. The molecule has 0 spiro atoms. The van der Waals surface area contributed by atoms with E-state index in [1.54, 1.807) is 35.3 Å². The second-order valence-corrected chi connectivity index (χ2v) is 8.61. The van der Waals surface area contributed by atoms with Crippen molar-refractivity contribution < 1.29 is 0 Å². The Kier molecular flexibility index (Phi) is 6.65. The van der Waals surface area contributed by atoms with Crippen LogP contribution < -0.4 is 21.8 Å². The molecule has 7 heteroatoms. The Balaban J connectivity index is 2.26. The maximum atomic E-state index is 12.1. The third-order valence-corrected chi connectivity index (χ3v) is 5.39. The van der Waals surface area contributed by atoms with Crippen LogP contribution in [0.1, 0.15) is 18.7 Å². The van der Waals surface area contributed by atoms with Crippen molar-refractivity contribution in [1.29, 1.82) is 0 Å². The lowest BCUT2D eigenvalue weighted by Gasteiger charge is -2.07. The van der Waals surface area contributed by atoms with Crippen LogP contribution in [0.15, 0.2) is 25.9 Å². The maximum Gasteiger partial charge on any atom is 0.272 e. The molecule has 0 fully saturated rings. The predicted molar refractivity (Wildman–Crippen MR) is 103 cm³/mol. The summed E-state index contributed by atoms with van der Waals surface area (Å²) < 4.78 is 1.20. The molecular formula is C17H23N3O2S2. The first-order chi connectivity index (χ1) is 11.3. The van der Waals surface area contributed by atoms with Gasteiger partial charge in [0, 0.05) is 17.2 Å². The fourth-order valence-corrected chi connectivity index (χ4v) is 4.28. The van der Waals surface area contributed by atoms with Crippen LogP contribution in [-0.4, -0.2) is 41.3 Å². The van der Waals surface area contributed by atoms with Crippen molar-refractivity contribution in [3.63, 3.8) is 0 Å². The average Bonchev–Trinajstić information content (AvgIpc) is 2.91. The van der Waals surface area contributed by atoms with E-state index in [1.165, 1.54) is 4.21 Å². The van der Waals surface area contributed by atoms with Gasteiger partial charge in [-0.3, -0.25) is 9.59 Å². The zero-order valence-corrected chi connectivity index (χ0v) is 16.0. The molecule has 0 saturated carbocycles. The summed E-state index contributed by atoms with van der Waals surface area (Å²) in [6, 6.07) is 4.01. The van der Waals surface area contributed by atoms with E-state index in [0.717, 1.165) is 17.2 Å². The van der Waals surface area contributed by atoms with Gasteiger partial charge in [0.05, 0.1) is 4.21 Å². The Hall–Kier alpha value is -1.57. The Morgan fingerprint density at radius 1 is 1.17 bits per heavy atom. The number of hydrogen-bond acceptors (Lipinski definition) is 5. The van der Waals surface area contributed by atoms with Gasteiger partial charge in [-0.15, -0.1) is 23.1 Å². The number of nitrogens with zero attached hydrogens (tertiary/aromatic N) is 1. The minimum atomic E-state index is -0.281. The minimum Gasteiger partial charge on any atom is -0.316 e. The van der Waals surface area contributed by atoms with Gasteiger partial charge in [-0.05, 0) is 38.2 Å². The molecule has 0 aliphatic carbocycles. The minimum absolute atomic E-state index is 0.190. The van der Waals surface area contributed by atoms with Crippen molar-refractivity contribution in [2.75, 3.05) is 26.4 Å². The summed E-state index contributed by atoms with van der Waals surface area (Å²) in [7, 11) is 4.11. The van der Waals surface area contributed by atoms with Gasteiger partial charge in [0.2, 0.25) is 0 Å². The number of aromatic amines is 2. The number of hydrogen-bond donors (Lipinski definition) is 2. The van der Waals surface area contributed by atoms with Crippen molar-refractivity contribution in [2.45, 2.75) is 18.1 Å². The molecule has 0 amide bonds. The first-order valence-electron chi connectivity index (χ1n) is 7.78. The van der Waals surface area contributed by atoms with E-state index in [2.05, 4.69) is 29.0 Å². The molecule has 0 aliphatic heterocycles. The Morgan fingerprint density at radius 2 is 1.83 bits per heavy atom. The third-order valence-electron chi connectivity index (χ3n) is 3.16. The molecule has 0 bridgehead atoms. The lowest BCUT2D eigenvalue weighted by Crippen LogP contribution is -2.46. The van der Waals surface area contributed by atoms with Crippen LogP contribution in [0.3, 0.4) is 0 Å². The van der Waals surface area contributed by atoms with E-state index >= 15 is 0 Å². The van der Waals surface area contributed by atoms with Crippen molar-refractivity contribution in [3.8, 4) is 0 Å². The highest BCUT2D eigenvalue weighted by Gasteiger charge is 2.01. The number of H-pyrrole nitrogens is 2. The van der Waals surface area contributed by atoms with Crippen molar-refractivity contribution in [2.24, 2.45) is 5.92 Å². The smallest absolute Gasteiger partial charge is 0.272 e. The zero-order valence-electron chi connectivity index (χ0n) is 14.4. The van der Waals surface area contributed by atoms with E-state index < -0.39 is 0 Å². The predicted octanol–water partition coefficient (Wildman–Crippen LogP) is 1.04. The molecule has 2 rings (SSSR count). The van der Waals surface area contributed by atoms with Gasteiger partial charge in [-0.2, -0.15) is 0 Å². The van der Waals surface area contributed by atoms with Gasteiger partial charge >= 0.3 is 0 Å². The Bertz CT molecular complexity index is 907. The first-order valence-corrected chi connectivity index (χ1v) is 9.59. The van der Waals surface area contributed by atoms with E-state index in [1.807, 2.05) is 26.0 Å². The second-order valence-electron chi connectivity index (χ2n) is 6.10. The number of thioether (sulfide) groups is 1. The molecule has 0 atom stereocenters. The van der Waals surface area contributed by atoms with Crippen LogP contribution in [0.2, 0.25) is 0 Å². The summed E-state index contributed by atoms with van der Waals surface area (Å²) in [5.74, 6) is 1.21. The normalized spacial score (nSPS) is 13.4. The first kappa shape index (κ1) is 18.8. The van der Waals surface area contributed by atoms with Crippen molar-refractivity contribution >= 4 is 35.3 Å². The van der Waals surface area contributed by atoms with Gasteiger partial charge < -0.3 is 14.9 Å². The molecule has 0 radical (unpaired) electrons. The molecule has 2 aromatic rings. The monoisotopic (exact) mass is 365 g/mol. The molecule has 0 unspecified atom stereocenters. The summed E-state index contributed by atoms with van der Waals surface area (Å²) in [6.07, 6.45) is 3.47. The van der Waals surface area contributed by atoms with Gasteiger partial charge in [-0.25, -0.2) is 0 Å². The number of rotatable bonds is 6. The summed E-state index contributed by atoms with van der Waals surface area (Å²) in [6.45, 7) is 4.93. The van der Waals surface area contributed by atoms with Crippen LogP contribution in [0, 0.1) is 5.92 Å². The van der Waals surface area contributed by atoms with Gasteiger partial charge in [-0.1, -0.05) is 19.9 Å². The highest BCUT2D eigenvalue weighted by Crippen LogP contribution is 2.27. The molecule has 2 aromatic heterocycles. The third kappa shape index (κ3) is 5.51. The van der Waals surface area contributed by atoms with Gasteiger partial charge in [0.1, 0.15) is 10.7 Å². The van der Waals surface area contributed by atoms with E-state index in [9.17, 15) is 9.59 Å². The van der Waals surface area contributed by atoms with E-state index in [-0.39, 0.29) is 22.4 Å². The molecule has 5 nitrogen and oxygen atoms in total. The quantitative estimate of drug-likeness (QED) is 0.751. The highest BCUT2D eigenvalue weighted by molar-refractivity contribution is 8.01.